The number of piperidine rings is 1. The number of carbonyl (C=O) groups is 1. The van der Waals surface area contributed by atoms with Gasteiger partial charge in [0.15, 0.2) is 0 Å². The lowest BCUT2D eigenvalue weighted by atomic mass is 9.89. The number of nitrogens with one attached hydrogen (secondary N) is 1. The number of amides is 1. The van der Waals surface area contributed by atoms with Crippen molar-refractivity contribution in [2.45, 2.75) is 71.1 Å². The van der Waals surface area contributed by atoms with Gasteiger partial charge in [0, 0.05) is 31.7 Å². The quantitative estimate of drug-likeness (QED) is 0.870. The second-order valence-electron chi connectivity index (χ2n) is 7.83. The maximum absolute atomic E-state index is 11.4. The van der Waals surface area contributed by atoms with Crippen molar-refractivity contribution < 1.29 is 9.53 Å². The van der Waals surface area contributed by atoms with E-state index >= 15 is 0 Å². The van der Waals surface area contributed by atoms with E-state index in [1.165, 1.54) is 36.9 Å². The fourth-order valence-electron chi connectivity index (χ4n) is 4.07. The highest BCUT2D eigenvalue weighted by Gasteiger charge is 2.21. The molecule has 0 spiro atoms. The van der Waals surface area contributed by atoms with Gasteiger partial charge in [-0.1, -0.05) is 31.9 Å². The minimum absolute atomic E-state index is 0.189. The first-order valence-corrected chi connectivity index (χ1v) is 9.82. The summed E-state index contributed by atoms with van der Waals surface area (Å²) in [5, 5.41) is 3.63. The molecule has 1 saturated heterocycles. The van der Waals surface area contributed by atoms with Crippen LogP contribution in [0.2, 0.25) is 0 Å². The Bertz CT molecular complexity index is 567. The Morgan fingerprint density at radius 2 is 2.04 bits per heavy atom. The number of rotatable bonds is 5. The van der Waals surface area contributed by atoms with E-state index in [2.05, 4.69) is 36.5 Å². The highest BCUT2D eigenvalue weighted by Crippen LogP contribution is 2.26. The van der Waals surface area contributed by atoms with Crippen LogP contribution in [0.4, 0.5) is 5.69 Å². The number of hydrogen-bond donors (Lipinski definition) is 1. The van der Waals surface area contributed by atoms with Gasteiger partial charge >= 0.3 is 0 Å². The summed E-state index contributed by atoms with van der Waals surface area (Å²) in [4.78, 5) is 13.4. The molecule has 4 nitrogen and oxygen atoms in total. The monoisotopic (exact) mass is 344 g/mol. The highest BCUT2D eigenvalue weighted by atomic mass is 16.5. The Morgan fingerprint density at radius 3 is 2.76 bits per heavy atom. The molecule has 3 rings (SSSR count). The van der Waals surface area contributed by atoms with Crippen molar-refractivity contribution in [2.24, 2.45) is 5.92 Å². The zero-order valence-corrected chi connectivity index (χ0v) is 15.7. The molecule has 4 heteroatoms. The fraction of sp³-hybridized carbons (Fsp3) is 0.667. The molecule has 138 valence electrons. The third kappa shape index (κ3) is 5.46. The summed E-state index contributed by atoms with van der Waals surface area (Å²) < 4.78 is 6.15. The zero-order valence-electron chi connectivity index (χ0n) is 15.7. The third-order valence-corrected chi connectivity index (χ3v) is 5.61. The third-order valence-electron chi connectivity index (χ3n) is 5.61. The molecule has 2 atom stereocenters. The summed E-state index contributed by atoms with van der Waals surface area (Å²) in [6, 6.07) is 9.05. The van der Waals surface area contributed by atoms with Gasteiger partial charge in [-0.05, 0) is 49.3 Å². The van der Waals surface area contributed by atoms with Crippen molar-refractivity contribution in [3.63, 3.8) is 0 Å². The maximum Gasteiger partial charge on any atom is 0.219 e. The second kappa shape index (κ2) is 8.70. The van der Waals surface area contributed by atoms with Crippen molar-refractivity contribution in [3.05, 3.63) is 29.8 Å². The highest BCUT2D eigenvalue weighted by molar-refractivity contribution is 5.73. The number of likely N-dealkylation sites (tertiary alicyclic amines) is 1. The van der Waals surface area contributed by atoms with E-state index in [1.54, 1.807) is 6.92 Å². The van der Waals surface area contributed by atoms with Crippen molar-refractivity contribution in [1.29, 1.82) is 0 Å². The molecule has 1 aromatic rings. The lowest BCUT2D eigenvalue weighted by Gasteiger charge is -2.32. The van der Waals surface area contributed by atoms with Gasteiger partial charge in [-0.3, -0.25) is 4.79 Å². The smallest absolute Gasteiger partial charge is 0.219 e. The maximum atomic E-state index is 11.4. The Kier molecular flexibility index (Phi) is 6.35. The van der Waals surface area contributed by atoms with Crippen LogP contribution in [0.5, 0.6) is 0 Å². The largest absolute Gasteiger partial charge is 0.382 e. The van der Waals surface area contributed by atoms with E-state index in [9.17, 15) is 4.79 Å². The molecule has 1 amide bonds. The molecule has 1 aliphatic heterocycles. The molecule has 1 saturated carbocycles. The topological polar surface area (TPSA) is 41.6 Å². The lowest BCUT2D eigenvalue weighted by molar-refractivity contribution is -0.129. The van der Waals surface area contributed by atoms with Crippen LogP contribution in [0.15, 0.2) is 24.3 Å². The molecule has 2 aliphatic rings. The van der Waals surface area contributed by atoms with Crippen molar-refractivity contribution in [1.82, 2.24) is 4.90 Å². The molecule has 1 aromatic carbocycles. The molecule has 2 unspecified atom stereocenters. The van der Waals surface area contributed by atoms with Gasteiger partial charge in [-0.2, -0.15) is 0 Å². The average molecular weight is 344 g/mol. The molecule has 0 aromatic heterocycles. The Morgan fingerprint density at radius 1 is 1.24 bits per heavy atom. The van der Waals surface area contributed by atoms with Crippen LogP contribution >= 0.6 is 0 Å². The predicted octanol–water partition coefficient (Wildman–Crippen LogP) is 4.20. The van der Waals surface area contributed by atoms with Crippen LogP contribution in [0.3, 0.4) is 0 Å². The average Bonchev–Trinajstić information content (AvgIpc) is 2.61. The molecule has 1 heterocycles. The van der Waals surface area contributed by atoms with Crippen LogP contribution in [-0.4, -0.2) is 36.0 Å². The molecule has 2 fully saturated rings. The summed E-state index contributed by atoms with van der Waals surface area (Å²) >= 11 is 0. The lowest BCUT2D eigenvalue weighted by Crippen LogP contribution is -2.41. The van der Waals surface area contributed by atoms with E-state index in [1.807, 2.05) is 4.90 Å². The van der Waals surface area contributed by atoms with Gasteiger partial charge in [0.2, 0.25) is 5.91 Å². The van der Waals surface area contributed by atoms with Gasteiger partial charge in [0.1, 0.15) is 0 Å². The van der Waals surface area contributed by atoms with Gasteiger partial charge in [-0.25, -0.2) is 0 Å². The molecular formula is C21H32N2O2. The summed E-state index contributed by atoms with van der Waals surface area (Å²) in [5.41, 5.74) is 2.41. The predicted molar refractivity (Wildman–Crippen MR) is 102 cm³/mol. The fourth-order valence-corrected chi connectivity index (χ4v) is 4.07. The Balaban J connectivity index is 1.47. The molecule has 25 heavy (non-hydrogen) atoms. The first kappa shape index (κ1) is 18.2. The van der Waals surface area contributed by atoms with Gasteiger partial charge < -0.3 is 15.0 Å². The van der Waals surface area contributed by atoms with Crippen LogP contribution < -0.4 is 5.32 Å². The Hall–Kier alpha value is -1.55. The molecule has 1 N–H and O–H groups in total. The molecular weight excluding hydrogens is 312 g/mol. The van der Waals surface area contributed by atoms with E-state index < -0.39 is 0 Å². The van der Waals surface area contributed by atoms with Gasteiger partial charge in [0.05, 0.1) is 12.7 Å². The first-order chi connectivity index (χ1) is 12.1. The number of nitrogens with zero attached hydrogens (tertiary/aromatic N) is 1. The number of anilines is 1. The number of ether oxygens (including phenoxy) is 1. The van der Waals surface area contributed by atoms with Gasteiger partial charge in [-0.15, -0.1) is 0 Å². The molecule has 0 bridgehead atoms. The van der Waals surface area contributed by atoms with Crippen LogP contribution in [0, 0.1) is 5.92 Å². The summed E-state index contributed by atoms with van der Waals surface area (Å²) in [7, 11) is 0. The minimum atomic E-state index is 0.189. The zero-order chi connectivity index (χ0) is 17.6. The van der Waals surface area contributed by atoms with Crippen molar-refractivity contribution in [3.8, 4) is 0 Å². The van der Waals surface area contributed by atoms with Crippen LogP contribution in [-0.2, 0) is 16.1 Å². The summed E-state index contributed by atoms with van der Waals surface area (Å²) in [6.07, 6.45) is 7.51. The number of carbonyl (C=O) groups excluding carboxylic acids is 1. The van der Waals surface area contributed by atoms with Crippen molar-refractivity contribution in [2.75, 3.05) is 18.4 Å². The van der Waals surface area contributed by atoms with E-state index in [0.717, 1.165) is 31.8 Å². The minimum Gasteiger partial charge on any atom is -0.382 e. The van der Waals surface area contributed by atoms with E-state index in [-0.39, 0.29) is 5.91 Å². The van der Waals surface area contributed by atoms with E-state index in [4.69, 9.17) is 4.74 Å². The number of hydrogen-bond acceptors (Lipinski definition) is 3. The summed E-state index contributed by atoms with van der Waals surface area (Å²) in [6.45, 7) is 6.41. The van der Waals surface area contributed by atoms with Gasteiger partial charge in [0.25, 0.3) is 0 Å². The van der Waals surface area contributed by atoms with Crippen molar-refractivity contribution >= 4 is 11.6 Å². The first-order valence-electron chi connectivity index (χ1n) is 9.82. The Labute approximate surface area is 151 Å². The van der Waals surface area contributed by atoms with Crippen LogP contribution in [0.25, 0.3) is 0 Å². The standard InChI is InChI=1S/C21H32N2O2/c1-16-5-3-8-21(13-16)25-15-18-6-4-7-20(14-18)22-19-9-11-23(12-10-19)17(2)24/h4,6-7,14,16,19,21-22H,3,5,8-13,15H2,1-2H3. The molecule has 0 radical (unpaired) electrons. The second-order valence-corrected chi connectivity index (χ2v) is 7.83. The molecule has 1 aliphatic carbocycles. The SMILES string of the molecule is CC(=O)N1CCC(Nc2cccc(COC3CCCC(C)C3)c2)CC1. The normalized spacial score (nSPS) is 25.0. The van der Waals surface area contributed by atoms with E-state index in [0.29, 0.717) is 18.8 Å². The summed E-state index contributed by atoms with van der Waals surface area (Å²) in [5.74, 6) is 0.988. The number of benzene rings is 1. The van der Waals surface area contributed by atoms with Crippen LogP contribution in [0.1, 0.15) is 57.9 Å².